The highest BCUT2D eigenvalue weighted by Gasteiger charge is 2.31. The molecule has 0 saturated carbocycles. The highest BCUT2D eigenvalue weighted by Crippen LogP contribution is 2.41. The van der Waals surface area contributed by atoms with Crippen molar-refractivity contribution in [3.05, 3.63) is 47.5 Å². The van der Waals surface area contributed by atoms with Gasteiger partial charge < -0.3 is 14.2 Å². The molecule has 5 heteroatoms. The lowest BCUT2D eigenvalue weighted by molar-refractivity contribution is -0.149. The summed E-state index contributed by atoms with van der Waals surface area (Å²) in [7, 11) is 1.32. The number of methoxy groups -OCH3 is 1. The summed E-state index contributed by atoms with van der Waals surface area (Å²) in [6.45, 7) is 0.180. The van der Waals surface area contributed by atoms with Crippen molar-refractivity contribution in [3.63, 3.8) is 0 Å². The molecule has 1 heterocycles. The van der Waals surface area contributed by atoms with E-state index in [0.717, 1.165) is 22.3 Å². The van der Waals surface area contributed by atoms with Crippen LogP contribution in [0, 0.1) is 5.92 Å². The quantitative estimate of drug-likeness (QED) is 0.591. The summed E-state index contributed by atoms with van der Waals surface area (Å²) in [4.78, 5) is 24.8. The zero-order chi connectivity index (χ0) is 17.4. The summed E-state index contributed by atoms with van der Waals surface area (Å²) in [5, 5.41) is 0. The molecule has 25 heavy (non-hydrogen) atoms. The van der Waals surface area contributed by atoms with Crippen LogP contribution in [-0.2, 0) is 27.2 Å². The minimum absolute atomic E-state index is 0.0906. The maximum atomic E-state index is 12.6. The number of carbonyl (C=O) groups excluding carboxylic acids is 2. The van der Waals surface area contributed by atoms with Crippen molar-refractivity contribution in [3.8, 4) is 22.6 Å². The standard InChI is InChI=1S/C20H18O5/c1-23-20(22)16-8-13-9-18-19(25-11-24-18)10-15(13)14-5-3-2-4-12(14)6-7-17(16)21/h2-5,9-10,16H,6-8,11H2,1H3. The molecule has 5 nitrogen and oxygen atoms in total. The fourth-order valence-corrected chi connectivity index (χ4v) is 3.53. The number of ether oxygens (including phenoxy) is 3. The Labute approximate surface area is 145 Å². The topological polar surface area (TPSA) is 61.8 Å². The van der Waals surface area contributed by atoms with Gasteiger partial charge in [-0.15, -0.1) is 0 Å². The Morgan fingerprint density at radius 1 is 1.04 bits per heavy atom. The lowest BCUT2D eigenvalue weighted by Gasteiger charge is -2.16. The van der Waals surface area contributed by atoms with Crippen molar-refractivity contribution < 1.29 is 23.8 Å². The van der Waals surface area contributed by atoms with E-state index in [9.17, 15) is 9.59 Å². The first kappa shape index (κ1) is 15.7. The molecule has 0 bridgehead atoms. The molecule has 1 aliphatic carbocycles. The monoisotopic (exact) mass is 338 g/mol. The van der Waals surface area contributed by atoms with E-state index in [1.165, 1.54) is 7.11 Å². The van der Waals surface area contributed by atoms with Crippen molar-refractivity contribution >= 4 is 11.8 Å². The second kappa shape index (κ2) is 6.24. The van der Waals surface area contributed by atoms with Gasteiger partial charge >= 0.3 is 5.97 Å². The number of hydrogen-bond donors (Lipinski definition) is 0. The van der Waals surface area contributed by atoms with Crippen molar-refractivity contribution in [1.29, 1.82) is 0 Å². The van der Waals surface area contributed by atoms with Crippen molar-refractivity contribution in [1.82, 2.24) is 0 Å². The number of hydrogen-bond acceptors (Lipinski definition) is 5. The third-order valence-corrected chi connectivity index (χ3v) is 4.85. The van der Waals surface area contributed by atoms with Gasteiger partial charge in [-0.1, -0.05) is 24.3 Å². The molecule has 0 fully saturated rings. The van der Waals surface area contributed by atoms with Crippen LogP contribution in [0.2, 0.25) is 0 Å². The number of Topliss-reactive ketones (excluding diaryl/α,β-unsaturated/α-hetero) is 1. The molecule has 1 aliphatic heterocycles. The van der Waals surface area contributed by atoms with E-state index in [-0.39, 0.29) is 12.6 Å². The van der Waals surface area contributed by atoms with Crippen LogP contribution in [0.1, 0.15) is 17.5 Å². The first-order chi connectivity index (χ1) is 12.2. The minimum atomic E-state index is -0.793. The number of carbonyl (C=O) groups is 2. The molecule has 0 amide bonds. The molecule has 0 aromatic heterocycles. The molecular weight excluding hydrogens is 320 g/mol. The summed E-state index contributed by atoms with van der Waals surface area (Å²) >= 11 is 0. The zero-order valence-corrected chi connectivity index (χ0v) is 13.9. The summed E-state index contributed by atoms with van der Waals surface area (Å²) in [5.74, 6) is -0.0366. The number of rotatable bonds is 1. The van der Waals surface area contributed by atoms with Gasteiger partial charge in [0.2, 0.25) is 6.79 Å². The highest BCUT2D eigenvalue weighted by molar-refractivity contribution is 6.00. The number of fused-ring (bicyclic) bond motifs is 4. The first-order valence-electron chi connectivity index (χ1n) is 8.28. The van der Waals surface area contributed by atoms with Crippen LogP contribution < -0.4 is 9.47 Å². The second-order valence-corrected chi connectivity index (χ2v) is 6.27. The molecule has 0 radical (unpaired) electrons. The third kappa shape index (κ3) is 2.76. The van der Waals surface area contributed by atoms with Crippen molar-refractivity contribution in [2.75, 3.05) is 13.9 Å². The lowest BCUT2D eigenvalue weighted by atomic mass is 9.90. The Kier molecular flexibility index (Phi) is 3.92. The van der Waals surface area contributed by atoms with E-state index >= 15 is 0 Å². The Morgan fingerprint density at radius 2 is 1.80 bits per heavy atom. The van der Waals surface area contributed by atoms with Gasteiger partial charge in [-0.2, -0.15) is 0 Å². The van der Waals surface area contributed by atoms with Gasteiger partial charge in [0, 0.05) is 6.42 Å². The van der Waals surface area contributed by atoms with Crippen LogP contribution in [0.15, 0.2) is 36.4 Å². The van der Waals surface area contributed by atoms with Crippen LogP contribution in [0.5, 0.6) is 11.5 Å². The number of benzene rings is 2. The van der Waals surface area contributed by atoms with Gasteiger partial charge in [-0.25, -0.2) is 0 Å². The third-order valence-electron chi connectivity index (χ3n) is 4.85. The Hall–Kier alpha value is -2.82. The number of esters is 1. The van der Waals surface area contributed by atoms with E-state index in [4.69, 9.17) is 14.2 Å². The van der Waals surface area contributed by atoms with E-state index in [2.05, 4.69) is 0 Å². The molecule has 0 saturated heterocycles. The van der Waals surface area contributed by atoms with E-state index in [1.807, 2.05) is 36.4 Å². The summed E-state index contributed by atoms with van der Waals surface area (Å²) in [5.41, 5.74) is 4.02. The molecule has 1 unspecified atom stereocenters. The molecule has 0 N–H and O–H groups in total. The fraction of sp³-hybridized carbons (Fsp3) is 0.300. The van der Waals surface area contributed by atoms with Gasteiger partial charge in [0.15, 0.2) is 11.5 Å². The average molecular weight is 338 g/mol. The molecule has 128 valence electrons. The zero-order valence-electron chi connectivity index (χ0n) is 13.9. The van der Waals surface area contributed by atoms with Gasteiger partial charge in [-0.05, 0) is 47.2 Å². The van der Waals surface area contributed by atoms with Crippen molar-refractivity contribution in [2.24, 2.45) is 5.92 Å². The van der Waals surface area contributed by atoms with E-state index in [0.29, 0.717) is 30.8 Å². The smallest absolute Gasteiger partial charge is 0.316 e. The molecule has 2 aliphatic rings. The molecule has 2 aromatic rings. The van der Waals surface area contributed by atoms with Gasteiger partial charge in [0.25, 0.3) is 0 Å². The Bertz CT molecular complexity index is 855. The van der Waals surface area contributed by atoms with Crippen LogP contribution in [-0.4, -0.2) is 25.7 Å². The average Bonchev–Trinajstić information content (AvgIpc) is 3.11. The van der Waals surface area contributed by atoms with Crippen LogP contribution in [0.25, 0.3) is 11.1 Å². The van der Waals surface area contributed by atoms with Crippen LogP contribution >= 0.6 is 0 Å². The lowest BCUT2D eigenvalue weighted by Crippen LogP contribution is -2.27. The molecule has 4 rings (SSSR count). The molecule has 2 aromatic carbocycles. The predicted molar refractivity (Wildman–Crippen MR) is 90.5 cm³/mol. The summed E-state index contributed by atoms with van der Waals surface area (Å²) in [6.07, 6.45) is 1.21. The summed E-state index contributed by atoms with van der Waals surface area (Å²) < 4.78 is 15.9. The molecule has 1 atom stereocenters. The summed E-state index contributed by atoms with van der Waals surface area (Å²) in [6, 6.07) is 11.8. The van der Waals surface area contributed by atoms with Gasteiger partial charge in [0.1, 0.15) is 11.7 Å². The van der Waals surface area contributed by atoms with Crippen molar-refractivity contribution in [2.45, 2.75) is 19.3 Å². The number of ketones is 1. The fourth-order valence-electron chi connectivity index (χ4n) is 3.53. The van der Waals surface area contributed by atoms with E-state index in [1.54, 1.807) is 0 Å². The number of aryl methyl sites for hydroxylation is 1. The van der Waals surface area contributed by atoms with Crippen LogP contribution in [0.3, 0.4) is 0 Å². The second-order valence-electron chi connectivity index (χ2n) is 6.27. The molecule has 0 spiro atoms. The maximum absolute atomic E-state index is 12.6. The van der Waals surface area contributed by atoms with Crippen LogP contribution in [0.4, 0.5) is 0 Å². The van der Waals surface area contributed by atoms with E-state index < -0.39 is 11.9 Å². The Morgan fingerprint density at radius 3 is 2.60 bits per heavy atom. The van der Waals surface area contributed by atoms with Gasteiger partial charge in [-0.3, -0.25) is 9.59 Å². The first-order valence-corrected chi connectivity index (χ1v) is 8.28. The van der Waals surface area contributed by atoms with Gasteiger partial charge in [0.05, 0.1) is 7.11 Å². The molecular formula is C20H18O5. The largest absolute Gasteiger partial charge is 0.468 e. The predicted octanol–water partition coefficient (Wildman–Crippen LogP) is 2.93. The minimum Gasteiger partial charge on any atom is -0.468 e. The Balaban J connectivity index is 1.90. The maximum Gasteiger partial charge on any atom is 0.316 e. The highest BCUT2D eigenvalue weighted by atomic mass is 16.7. The SMILES string of the molecule is COC(=O)C1Cc2cc3c(cc2-c2ccccc2CCC1=O)OCO3. The normalized spacial score (nSPS) is 18.4.